The molecule has 0 spiro atoms. The molecule has 1 atom stereocenters. The van der Waals surface area contributed by atoms with E-state index in [2.05, 4.69) is 31.3 Å². The van der Waals surface area contributed by atoms with Crippen LogP contribution in [0.4, 0.5) is 4.79 Å². The third kappa shape index (κ3) is 5.95. The van der Waals surface area contributed by atoms with Crippen molar-refractivity contribution in [2.45, 2.75) is 32.4 Å². The first kappa shape index (κ1) is 16.3. The third-order valence-corrected chi connectivity index (χ3v) is 2.75. The number of hydrogen-bond acceptors (Lipinski definition) is 3. The van der Waals surface area contributed by atoms with E-state index < -0.39 is 17.7 Å². The van der Waals surface area contributed by atoms with Crippen molar-refractivity contribution in [3.8, 4) is 0 Å². The summed E-state index contributed by atoms with van der Waals surface area (Å²) in [6.07, 6.45) is -1.17. The topological polar surface area (TPSA) is 87.1 Å². The minimum Gasteiger partial charge on any atom is -0.441 e. The number of benzene rings is 1. The average Bonchev–Trinajstić information content (AvgIpc) is 2.32. The van der Waals surface area contributed by atoms with Crippen molar-refractivity contribution in [3.63, 3.8) is 0 Å². The highest BCUT2D eigenvalue weighted by Gasteiger charge is 2.20. The quantitative estimate of drug-likeness (QED) is 0.502. The molecule has 0 saturated carbocycles. The summed E-state index contributed by atoms with van der Waals surface area (Å²) in [4.78, 5) is 14.5. The van der Waals surface area contributed by atoms with Crippen LogP contribution in [0.1, 0.15) is 32.4 Å². The van der Waals surface area contributed by atoms with Crippen LogP contribution in [0.25, 0.3) is 10.4 Å². The van der Waals surface area contributed by atoms with Gasteiger partial charge in [0.1, 0.15) is 6.10 Å². The first-order valence-corrected chi connectivity index (χ1v) is 6.86. The lowest BCUT2D eigenvalue weighted by Crippen LogP contribution is -2.41. The molecule has 1 amide bonds. The van der Waals surface area contributed by atoms with Crippen molar-refractivity contribution >= 4 is 22.0 Å². The van der Waals surface area contributed by atoms with Crippen LogP contribution in [0.5, 0.6) is 0 Å². The van der Waals surface area contributed by atoms with Gasteiger partial charge >= 0.3 is 6.09 Å². The minimum absolute atomic E-state index is 0.0461. The maximum absolute atomic E-state index is 11.8. The number of alkyl carbamates (subject to hydrolysis) is 1. The number of rotatable bonds is 4. The second kappa shape index (κ2) is 7.17. The fraction of sp³-hybridized carbons (Fsp3) is 0.462. The van der Waals surface area contributed by atoms with E-state index in [0.29, 0.717) is 0 Å². The smallest absolute Gasteiger partial charge is 0.408 e. The molecule has 1 aromatic carbocycles. The number of azide groups is 1. The number of halogens is 1. The first-order chi connectivity index (χ1) is 9.31. The van der Waals surface area contributed by atoms with Crippen molar-refractivity contribution in [2.75, 3.05) is 6.54 Å². The SMILES string of the molecule is CC(C)(C)NC(=O)OC(CN=[N+]=[N-])c1cccc(Br)c1. The molecule has 20 heavy (non-hydrogen) atoms. The van der Waals surface area contributed by atoms with Crippen LogP contribution in [0.3, 0.4) is 0 Å². The van der Waals surface area contributed by atoms with Gasteiger partial charge in [-0.2, -0.15) is 0 Å². The summed E-state index contributed by atoms with van der Waals surface area (Å²) in [5, 5.41) is 6.19. The van der Waals surface area contributed by atoms with Gasteiger partial charge in [0, 0.05) is 14.9 Å². The van der Waals surface area contributed by atoms with E-state index in [1.54, 1.807) is 0 Å². The van der Waals surface area contributed by atoms with E-state index in [1.807, 2.05) is 45.0 Å². The molecule has 0 aliphatic heterocycles. The highest BCUT2D eigenvalue weighted by molar-refractivity contribution is 9.10. The Hall–Kier alpha value is -1.72. The summed E-state index contributed by atoms with van der Waals surface area (Å²) in [7, 11) is 0. The van der Waals surface area contributed by atoms with E-state index in [9.17, 15) is 4.79 Å². The summed E-state index contributed by atoms with van der Waals surface area (Å²) in [6, 6.07) is 7.32. The van der Waals surface area contributed by atoms with E-state index in [1.165, 1.54) is 0 Å². The van der Waals surface area contributed by atoms with Crippen LogP contribution in [0.15, 0.2) is 33.9 Å². The Kier molecular flexibility index (Phi) is 5.85. The Bertz CT molecular complexity index is 521. The van der Waals surface area contributed by atoms with Gasteiger partial charge in [0.05, 0.1) is 6.54 Å². The van der Waals surface area contributed by atoms with Gasteiger partial charge in [-0.15, -0.1) is 0 Å². The summed E-state index contributed by atoms with van der Waals surface area (Å²) in [6.45, 7) is 5.62. The molecular formula is C13H17BrN4O2. The lowest BCUT2D eigenvalue weighted by Gasteiger charge is -2.23. The van der Waals surface area contributed by atoms with Gasteiger partial charge in [-0.3, -0.25) is 0 Å². The zero-order valence-corrected chi connectivity index (χ0v) is 13.2. The highest BCUT2D eigenvalue weighted by Crippen LogP contribution is 2.22. The van der Waals surface area contributed by atoms with Gasteiger partial charge in [-0.1, -0.05) is 33.2 Å². The number of nitrogens with one attached hydrogen (secondary N) is 1. The number of amides is 1. The Balaban J connectivity index is 2.85. The largest absolute Gasteiger partial charge is 0.441 e. The van der Waals surface area contributed by atoms with Crippen molar-refractivity contribution in [3.05, 3.63) is 44.7 Å². The van der Waals surface area contributed by atoms with E-state index in [-0.39, 0.29) is 6.54 Å². The molecule has 0 heterocycles. The molecule has 108 valence electrons. The Morgan fingerprint density at radius 1 is 1.55 bits per heavy atom. The summed E-state index contributed by atoms with van der Waals surface area (Å²) >= 11 is 3.35. The number of nitrogens with zero attached hydrogens (tertiary/aromatic N) is 3. The van der Waals surface area contributed by atoms with Crippen molar-refractivity contribution in [1.29, 1.82) is 0 Å². The van der Waals surface area contributed by atoms with Crippen molar-refractivity contribution < 1.29 is 9.53 Å². The fourth-order valence-corrected chi connectivity index (χ4v) is 1.91. The molecule has 0 aliphatic carbocycles. The maximum Gasteiger partial charge on any atom is 0.408 e. The molecule has 0 radical (unpaired) electrons. The Morgan fingerprint density at radius 2 is 2.25 bits per heavy atom. The second-order valence-electron chi connectivity index (χ2n) is 5.24. The first-order valence-electron chi connectivity index (χ1n) is 6.07. The van der Waals surface area contributed by atoms with Crippen LogP contribution in [-0.2, 0) is 4.74 Å². The molecule has 1 aromatic rings. The lowest BCUT2D eigenvalue weighted by molar-refractivity contribution is 0.0950. The van der Waals surface area contributed by atoms with Crippen LogP contribution in [0, 0.1) is 0 Å². The molecule has 6 nitrogen and oxygen atoms in total. The minimum atomic E-state index is -0.620. The monoisotopic (exact) mass is 340 g/mol. The number of carbonyl (C=O) groups excluding carboxylic acids is 1. The van der Waals surface area contributed by atoms with Crippen LogP contribution < -0.4 is 5.32 Å². The molecule has 1 N–H and O–H groups in total. The molecule has 1 rings (SSSR count). The van der Waals surface area contributed by atoms with Gasteiger partial charge in [-0.25, -0.2) is 4.79 Å². The van der Waals surface area contributed by atoms with E-state index >= 15 is 0 Å². The van der Waals surface area contributed by atoms with E-state index in [4.69, 9.17) is 10.3 Å². The Morgan fingerprint density at radius 3 is 2.80 bits per heavy atom. The normalized spacial score (nSPS) is 12.2. The van der Waals surface area contributed by atoms with Gasteiger partial charge in [-0.05, 0) is 44.0 Å². The maximum atomic E-state index is 11.8. The molecule has 0 saturated heterocycles. The number of carbonyl (C=O) groups is 1. The van der Waals surface area contributed by atoms with Gasteiger partial charge in [0.2, 0.25) is 0 Å². The van der Waals surface area contributed by atoms with Crippen LogP contribution in [0.2, 0.25) is 0 Å². The third-order valence-electron chi connectivity index (χ3n) is 2.26. The fourth-order valence-electron chi connectivity index (χ4n) is 1.49. The van der Waals surface area contributed by atoms with Gasteiger partial charge in [0.15, 0.2) is 0 Å². The summed E-state index contributed by atoms with van der Waals surface area (Å²) < 4.78 is 6.20. The van der Waals surface area contributed by atoms with E-state index in [0.717, 1.165) is 10.0 Å². The summed E-state index contributed by atoms with van der Waals surface area (Å²) in [5.41, 5.74) is 8.80. The Labute approximate surface area is 126 Å². The molecular weight excluding hydrogens is 324 g/mol. The standard InChI is InChI=1S/C13H17BrN4O2/c1-13(2,3)17-12(19)20-11(8-16-18-15)9-5-4-6-10(14)7-9/h4-7,11H,8H2,1-3H3,(H,17,19). The van der Waals surface area contributed by atoms with Crippen molar-refractivity contribution in [1.82, 2.24) is 5.32 Å². The van der Waals surface area contributed by atoms with Crippen molar-refractivity contribution in [2.24, 2.45) is 5.11 Å². The molecule has 0 bridgehead atoms. The van der Waals surface area contributed by atoms with Crippen LogP contribution in [-0.4, -0.2) is 18.2 Å². The predicted octanol–water partition coefficient (Wildman–Crippen LogP) is 4.33. The zero-order valence-electron chi connectivity index (χ0n) is 11.6. The van der Waals surface area contributed by atoms with Crippen LogP contribution >= 0.6 is 15.9 Å². The molecule has 0 aromatic heterocycles. The zero-order chi connectivity index (χ0) is 15.2. The summed E-state index contributed by atoms with van der Waals surface area (Å²) in [5.74, 6) is 0. The van der Waals surface area contributed by atoms with Gasteiger partial charge < -0.3 is 10.1 Å². The predicted molar refractivity (Wildman–Crippen MR) is 80.3 cm³/mol. The molecule has 0 fully saturated rings. The number of ether oxygens (including phenoxy) is 1. The molecule has 7 heteroatoms. The number of hydrogen-bond donors (Lipinski definition) is 1. The molecule has 0 aliphatic rings. The van der Waals surface area contributed by atoms with Gasteiger partial charge in [0.25, 0.3) is 0 Å². The second-order valence-corrected chi connectivity index (χ2v) is 6.15. The molecule has 1 unspecified atom stereocenters. The highest BCUT2D eigenvalue weighted by atomic mass is 79.9. The lowest BCUT2D eigenvalue weighted by atomic mass is 10.1. The average molecular weight is 341 g/mol.